The van der Waals surface area contributed by atoms with E-state index in [-0.39, 0.29) is 30.6 Å². The van der Waals surface area contributed by atoms with Crippen LogP contribution in [0.3, 0.4) is 0 Å². The molecule has 1 aliphatic rings. The van der Waals surface area contributed by atoms with E-state index in [1.807, 2.05) is 28.9 Å². The van der Waals surface area contributed by atoms with Crippen molar-refractivity contribution < 1.29 is 9.90 Å². The van der Waals surface area contributed by atoms with E-state index in [4.69, 9.17) is 5.11 Å². The van der Waals surface area contributed by atoms with Gasteiger partial charge in [0.05, 0.1) is 5.52 Å². The van der Waals surface area contributed by atoms with Gasteiger partial charge in [-0.15, -0.1) is 0 Å². The molecule has 0 saturated carbocycles. The summed E-state index contributed by atoms with van der Waals surface area (Å²) in [6.45, 7) is 5.02. The second-order valence-electron chi connectivity index (χ2n) is 6.43. The number of aliphatic hydroxyl groups is 1. The maximum atomic E-state index is 12.7. The van der Waals surface area contributed by atoms with E-state index in [9.17, 15) is 4.79 Å². The van der Waals surface area contributed by atoms with Crippen molar-refractivity contribution in [3.8, 4) is 0 Å². The largest absolute Gasteiger partial charge is 0.396 e. The molecular formula is C17H24N4O2. The van der Waals surface area contributed by atoms with Crippen LogP contribution in [0.15, 0.2) is 24.3 Å². The minimum absolute atomic E-state index is 0.0852. The van der Waals surface area contributed by atoms with Gasteiger partial charge >= 0.3 is 0 Å². The molecule has 2 heterocycles. The smallest absolute Gasteiger partial charge is 0.272 e. The maximum Gasteiger partial charge on any atom is 0.272 e. The number of carbonyl (C=O) groups is 1. The SMILES string of the molecule is CC(C)n1nc(C(=O)N[C@@H]2CN[C@H](CCO)C2)c2ccccc21. The van der Waals surface area contributed by atoms with Crippen molar-refractivity contribution in [3.05, 3.63) is 30.0 Å². The van der Waals surface area contributed by atoms with Crippen molar-refractivity contribution in [1.29, 1.82) is 0 Å². The topological polar surface area (TPSA) is 79.2 Å². The lowest BCUT2D eigenvalue weighted by Crippen LogP contribution is -2.36. The number of amides is 1. The predicted octanol–water partition coefficient (Wildman–Crippen LogP) is 1.46. The normalized spacial score (nSPS) is 21.2. The monoisotopic (exact) mass is 316 g/mol. The molecule has 0 radical (unpaired) electrons. The fourth-order valence-electron chi connectivity index (χ4n) is 3.21. The molecule has 3 rings (SSSR count). The molecule has 2 aromatic rings. The molecule has 0 bridgehead atoms. The highest BCUT2D eigenvalue weighted by atomic mass is 16.3. The zero-order valence-electron chi connectivity index (χ0n) is 13.6. The van der Waals surface area contributed by atoms with E-state index in [1.54, 1.807) is 0 Å². The van der Waals surface area contributed by atoms with Gasteiger partial charge in [0.25, 0.3) is 5.91 Å². The van der Waals surface area contributed by atoms with Crippen LogP contribution >= 0.6 is 0 Å². The number of nitrogens with zero attached hydrogens (tertiary/aromatic N) is 2. The van der Waals surface area contributed by atoms with E-state index in [1.165, 1.54) is 0 Å². The van der Waals surface area contributed by atoms with Crippen LogP contribution in [0.1, 0.15) is 43.2 Å². The first-order chi connectivity index (χ1) is 11.1. The van der Waals surface area contributed by atoms with Crippen molar-refractivity contribution in [2.24, 2.45) is 0 Å². The number of benzene rings is 1. The van der Waals surface area contributed by atoms with E-state index >= 15 is 0 Å². The first-order valence-corrected chi connectivity index (χ1v) is 8.22. The third-order valence-electron chi connectivity index (χ3n) is 4.35. The summed E-state index contributed by atoms with van der Waals surface area (Å²) in [6, 6.07) is 8.39. The Labute approximate surface area is 135 Å². The van der Waals surface area contributed by atoms with Gasteiger partial charge in [-0.1, -0.05) is 18.2 Å². The molecule has 1 aromatic heterocycles. The number of hydrogen-bond donors (Lipinski definition) is 3. The summed E-state index contributed by atoms with van der Waals surface area (Å²) in [5, 5.41) is 20.8. The molecule has 0 spiro atoms. The highest BCUT2D eigenvalue weighted by molar-refractivity contribution is 6.05. The van der Waals surface area contributed by atoms with E-state index in [0.717, 1.165) is 30.3 Å². The van der Waals surface area contributed by atoms with Gasteiger partial charge in [-0.05, 0) is 32.8 Å². The Balaban J connectivity index is 1.79. The van der Waals surface area contributed by atoms with Gasteiger partial charge < -0.3 is 15.7 Å². The summed E-state index contributed by atoms with van der Waals surface area (Å²) < 4.78 is 1.89. The van der Waals surface area contributed by atoms with Crippen LogP contribution in [0.4, 0.5) is 0 Å². The molecule has 1 amide bonds. The maximum absolute atomic E-state index is 12.7. The Hall–Kier alpha value is -1.92. The zero-order valence-corrected chi connectivity index (χ0v) is 13.6. The average molecular weight is 316 g/mol. The van der Waals surface area contributed by atoms with Crippen LogP contribution in [0.2, 0.25) is 0 Å². The second kappa shape index (κ2) is 6.68. The molecule has 0 unspecified atom stereocenters. The van der Waals surface area contributed by atoms with Crippen LogP contribution in [0, 0.1) is 0 Å². The van der Waals surface area contributed by atoms with Crippen molar-refractivity contribution in [3.63, 3.8) is 0 Å². The fourth-order valence-corrected chi connectivity index (χ4v) is 3.21. The molecule has 1 aromatic carbocycles. The van der Waals surface area contributed by atoms with E-state index in [0.29, 0.717) is 5.69 Å². The predicted molar refractivity (Wildman–Crippen MR) is 89.5 cm³/mol. The van der Waals surface area contributed by atoms with Gasteiger partial charge in [0.1, 0.15) is 0 Å². The summed E-state index contributed by atoms with van der Waals surface area (Å²) in [5.41, 5.74) is 1.47. The molecule has 6 nitrogen and oxygen atoms in total. The van der Waals surface area contributed by atoms with Gasteiger partial charge in [0.15, 0.2) is 5.69 Å². The molecule has 3 N–H and O–H groups in total. The van der Waals surface area contributed by atoms with Crippen molar-refractivity contribution >= 4 is 16.8 Å². The van der Waals surface area contributed by atoms with Crippen LogP contribution in [-0.4, -0.2) is 46.0 Å². The Morgan fingerprint density at radius 1 is 1.48 bits per heavy atom. The molecule has 1 fully saturated rings. The second-order valence-corrected chi connectivity index (χ2v) is 6.43. The number of hydrogen-bond acceptors (Lipinski definition) is 4. The lowest BCUT2D eigenvalue weighted by Gasteiger charge is -2.11. The molecule has 1 saturated heterocycles. The molecule has 23 heavy (non-hydrogen) atoms. The molecule has 2 atom stereocenters. The first-order valence-electron chi connectivity index (χ1n) is 8.22. The van der Waals surface area contributed by atoms with Gasteiger partial charge in [0, 0.05) is 36.7 Å². The Bertz CT molecular complexity index is 695. The number of nitrogens with one attached hydrogen (secondary N) is 2. The molecule has 1 aliphatic heterocycles. The highest BCUT2D eigenvalue weighted by Gasteiger charge is 2.27. The zero-order chi connectivity index (χ0) is 16.4. The molecule has 6 heteroatoms. The molecular weight excluding hydrogens is 292 g/mol. The summed E-state index contributed by atoms with van der Waals surface area (Å²) in [4.78, 5) is 12.7. The summed E-state index contributed by atoms with van der Waals surface area (Å²) in [6.07, 6.45) is 1.56. The Kier molecular flexibility index (Phi) is 4.63. The summed E-state index contributed by atoms with van der Waals surface area (Å²) in [7, 11) is 0. The number of aromatic nitrogens is 2. The summed E-state index contributed by atoms with van der Waals surface area (Å²) >= 11 is 0. The Morgan fingerprint density at radius 2 is 2.26 bits per heavy atom. The van der Waals surface area contributed by atoms with Gasteiger partial charge in [-0.2, -0.15) is 5.10 Å². The molecule has 124 valence electrons. The highest BCUT2D eigenvalue weighted by Crippen LogP contribution is 2.22. The first kappa shape index (κ1) is 16.0. The average Bonchev–Trinajstić information content (AvgIpc) is 3.12. The van der Waals surface area contributed by atoms with Crippen LogP contribution < -0.4 is 10.6 Å². The minimum Gasteiger partial charge on any atom is -0.396 e. The summed E-state index contributed by atoms with van der Waals surface area (Å²) in [5.74, 6) is -0.128. The number of fused-ring (bicyclic) bond motifs is 1. The van der Waals surface area contributed by atoms with E-state index in [2.05, 4.69) is 29.6 Å². The van der Waals surface area contributed by atoms with Gasteiger partial charge in [-0.25, -0.2) is 0 Å². The lowest BCUT2D eigenvalue weighted by molar-refractivity contribution is 0.0935. The van der Waals surface area contributed by atoms with Crippen molar-refractivity contribution in [2.75, 3.05) is 13.2 Å². The molecule has 0 aliphatic carbocycles. The lowest BCUT2D eigenvalue weighted by atomic mass is 10.1. The number of carbonyl (C=O) groups excluding carboxylic acids is 1. The third kappa shape index (κ3) is 3.23. The van der Waals surface area contributed by atoms with Crippen molar-refractivity contribution in [2.45, 2.75) is 44.8 Å². The quantitative estimate of drug-likeness (QED) is 0.780. The van der Waals surface area contributed by atoms with Crippen LogP contribution in [-0.2, 0) is 0 Å². The minimum atomic E-state index is -0.128. The van der Waals surface area contributed by atoms with Crippen LogP contribution in [0.25, 0.3) is 10.9 Å². The van der Waals surface area contributed by atoms with Crippen molar-refractivity contribution in [1.82, 2.24) is 20.4 Å². The number of rotatable bonds is 5. The van der Waals surface area contributed by atoms with Gasteiger partial charge in [0.2, 0.25) is 0 Å². The van der Waals surface area contributed by atoms with Crippen LogP contribution in [0.5, 0.6) is 0 Å². The number of aliphatic hydroxyl groups excluding tert-OH is 1. The third-order valence-corrected chi connectivity index (χ3v) is 4.35. The Morgan fingerprint density at radius 3 is 3.00 bits per heavy atom. The standard InChI is InChI=1S/C17H24N4O2/c1-11(2)21-15-6-4-3-5-14(15)16(20-21)17(23)19-13-9-12(7-8-22)18-10-13/h3-6,11-13,18,22H,7-10H2,1-2H3,(H,19,23)/t12-,13+/m1/s1. The van der Waals surface area contributed by atoms with E-state index < -0.39 is 0 Å². The number of para-hydroxylation sites is 1. The fraction of sp³-hybridized carbons (Fsp3) is 0.529. The van der Waals surface area contributed by atoms with Gasteiger partial charge in [-0.3, -0.25) is 9.48 Å².